The molecule has 0 aromatic carbocycles. The van der Waals surface area contributed by atoms with Gasteiger partial charge < -0.3 is 10.9 Å². The zero-order valence-electron chi connectivity index (χ0n) is 5.28. The van der Waals surface area contributed by atoms with E-state index in [9.17, 15) is 0 Å². The van der Waals surface area contributed by atoms with E-state index >= 15 is 0 Å². The minimum atomic E-state index is 0.182. The Morgan fingerprint density at radius 3 is 3.20 bits per heavy atom. The van der Waals surface area contributed by atoms with Crippen LogP contribution in [0.15, 0.2) is 17.5 Å². The number of oxime groups is 1. The van der Waals surface area contributed by atoms with E-state index in [0.717, 1.165) is 5.56 Å². The Bertz CT molecular complexity index is 216. The summed E-state index contributed by atoms with van der Waals surface area (Å²) in [6.07, 6.45) is 3.74. The summed E-state index contributed by atoms with van der Waals surface area (Å²) < 4.78 is 0. The molecule has 0 bridgehead atoms. The molecule has 4 N–H and O–H groups in total. The second-order valence-electron chi connectivity index (χ2n) is 1.87. The number of nitrogens with two attached hydrogens (primary N) is 1. The Kier molecular flexibility index (Phi) is 1.89. The molecule has 5 heteroatoms. The number of aromatic amines is 1. The van der Waals surface area contributed by atoms with E-state index in [0.29, 0.717) is 6.42 Å². The van der Waals surface area contributed by atoms with Crippen LogP contribution in [0.4, 0.5) is 0 Å². The number of hydrogen-bond acceptors (Lipinski definition) is 3. The van der Waals surface area contributed by atoms with Crippen molar-refractivity contribution in [2.24, 2.45) is 10.9 Å². The van der Waals surface area contributed by atoms with Crippen LogP contribution in [0.3, 0.4) is 0 Å². The SMILES string of the molecule is N/C(Cc1cn[nH]c1)=N\O. The second kappa shape index (κ2) is 2.86. The molecule has 1 aromatic rings. The van der Waals surface area contributed by atoms with E-state index in [-0.39, 0.29) is 5.84 Å². The predicted octanol–water partition coefficient (Wildman–Crippen LogP) is -0.301. The molecule has 0 aliphatic rings. The number of amidine groups is 1. The van der Waals surface area contributed by atoms with Crippen LogP contribution in [0.5, 0.6) is 0 Å². The molecular formula is C5H8N4O. The van der Waals surface area contributed by atoms with E-state index in [4.69, 9.17) is 10.9 Å². The van der Waals surface area contributed by atoms with E-state index in [1.807, 2.05) is 0 Å². The van der Waals surface area contributed by atoms with Crippen molar-refractivity contribution in [2.45, 2.75) is 6.42 Å². The average molecular weight is 140 g/mol. The highest BCUT2D eigenvalue weighted by Gasteiger charge is 1.96. The van der Waals surface area contributed by atoms with Crippen molar-refractivity contribution in [3.05, 3.63) is 18.0 Å². The number of aromatic nitrogens is 2. The van der Waals surface area contributed by atoms with Gasteiger partial charge in [0.25, 0.3) is 0 Å². The van der Waals surface area contributed by atoms with Crippen LogP contribution in [0, 0.1) is 0 Å². The summed E-state index contributed by atoms with van der Waals surface area (Å²) in [5.41, 5.74) is 6.12. The van der Waals surface area contributed by atoms with Crippen LogP contribution in [0.1, 0.15) is 5.56 Å². The molecule has 1 aromatic heterocycles. The van der Waals surface area contributed by atoms with Gasteiger partial charge in [0, 0.05) is 12.6 Å². The van der Waals surface area contributed by atoms with Gasteiger partial charge in [0.2, 0.25) is 0 Å². The van der Waals surface area contributed by atoms with Gasteiger partial charge in [-0.05, 0) is 5.56 Å². The summed E-state index contributed by atoms with van der Waals surface area (Å²) in [5.74, 6) is 0.182. The number of H-pyrrole nitrogens is 1. The monoisotopic (exact) mass is 140 g/mol. The maximum absolute atomic E-state index is 8.17. The van der Waals surface area contributed by atoms with Crippen molar-refractivity contribution in [3.63, 3.8) is 0 Å². The lowest BCUT2D eigenvalue weighted by molar-refractivity contribution is 0.317. The van der Waals surface area contributed by atoms with E-state index in [1.165, 1.54) is 0 Å². The molecule has 0 amide bonds. The van der Waals surface area contributed by atoms with Crippen molar-refractivity contribution in [3.8, 4) is 0 Å². The third-order valence-electron chi connectivity index (χ3n) is 1.07. The van der Waals surface area contributed by atoms with E-state index < -0.39 is 0 Å². The van der Waals surface area contributed by atoms with Crippen LogP contribution in [0.25, 0.3) is 0 Å². The number of hydrogen-bond donors (Lipinski definition) is 3. The van der Waals surface area contributed by atoms with Crippen molar-refractivity contribution < 1.29 is 5.21 Å². The minimum Gasteiger partial charge on any atom is -0.409 e. The second-order valence-corrected chi connectivity index (χ2v) is 1.87. The van der Waals surface area contributed by atoms with Crippen molar-refractivity contribution in [2.75, 3.05) is 0 Å². The van der Waals surface area contributed by atoms with Crippen LogP contribution >= 0.6 is 0 Å². The Labute approximate surface area is 57.5 Å². The summed E-state index contributed by atoms with van der Waals surface area (Å²) in [7, 11) is 0. The van der Waals surface area contributed by atoms with Gasteiger partial charge in [-0.25, -0.2) is 0 Å². The molecule has 0 aliphatic heterocycles. The summed E-state index contributed by atoms with van der Waals surface area (Å²) in [6, 6.07) is 0. The van der Waals surface area contributed by atoms with Gasteiger partial charge in [0.1, 0.15) is 5.84 Å². The molecule has 0 aliphatic carbocycles. The molecule has 0 unspecified atom stereocenters. The third kappa shape index (κ3) is 1.48. The zero-order chi connectivity index (χ0) is 7.40. The summed E-state index contributed by atoms with van der Waals surface area (Å²) in [4.78, 5) is 0. The van der Waals surface area contributed by atoms with Gasteiger partial charge in [-0.2, -0.15) is 5.10 Å². The Balaban J connectivity index is 2.56. The smallest absolute Gasteiger partial charge is 0.143 e. The standard InChI is InChI=1S/C5H8N4O/c6-5(9-10)1-4-2-7-8-3-4/h2-3,10H,1H2,(H2,6,9)(H,7,8). The minimum absolute atomic E-state index is 0.182. The molecule has 0 saturated heterocycles. The molecule has 0 spiro atoms. The van der Waals surface area contributed by atoms with Gasteiger partial charge in [-0.1, -0.05) is 5.16 Å². The quantitative estimate of drug-likeness (QED) is 0.228. The first-order valence-electron chi connectivity index (χ1n) is 2.77. The normalized spacial score (nSPS) is 11.8. The van der Waals surface area contributed by atoms with E-state index in [2.05, 4.69) is 15.4 Å². The lowest BCUT2D eigenvalue weighted by Gasteiger charge is -1.90. The number of rotatable bonds is 2. The fourth-order valence-corrected chi connectivity index (χ4v) is 0.619. The van der Waals surface area contributed by atoms with Crippen molar-refractivity contribution >= 4 is 5.84 Å². The molecule has 10 heavy (non-hydrogen) atoms. The van der Waals surface area contributed by atoms with E-state index in [1.54, 1.807) is 12.4 Å². The molecule has 54 valence electrons. The molecule has 1 heterocycles. The van der Waals surface area contributed by atoms with Crippen molar-refractivity contribution in [1.29, 1.82) is 0 Å². The highest BCUT2D eigenvalue weighted by molar-refractivity contribution is 5.81. The molecule has 0 saturated carbocycles. The molecule has 1 rings (SSSR count). The van der Waals surface area contributed by atoms with Gasteiger partial charge in [-0.15, -0.1) is 0 Å². The number of nitrogens with one attached hydrogen (secondary N) is 1. The molecule has 5 nitrogen and oxygen atoms in total. The summed E-state index contributed by atoms with van der Waals surface area (Å²) in [6.45, 7) is 0. The molecular weight excluding hydrogens is 132 g/mol. The van der Waals surface area contributed by atoms with Gasteiger partial charge in [0.05, 0.1) is 6.20 Å². The van der Waals surface area contributed by atoms with Crippen LogP contribution in [0.2, 0.25) is 0 Å². The lowest BCUT2D eigenvalue weighted by atomic mass is 10.2. The van der Waals surface area contributed by atoms with Crippen LogP contribution < -0.4 is 5.73 Å². The lowest BCUT2D eigenvalue weighted by Crippen LogP contribution is -2.14. The van der Waals surface area contributed by atoms with Gasteiger partial charge >= 0.3 is 0 Å². The third-order valence-corrected chi connectivity index (χ3v) is 1.07. The Morgan fingerprint density at radius 1 is 1.90 bits per heavy atom. The Morgan fingerprint density at radius 2 is 2.70 bits per heavy atom. The molecule has 0 radical (unpaired) electrons. The maximum atomic E-state index is 8.17. The largest absolute Gasteiger partial charge is 0.409 e. The average Bonchev–Trinajstić information content (AvgIpc) is 2.40. The highest BCUT2D eigenvalue weighted by atomic mass is 16.4. The van der Waals surface area contributed by atoms with Crippen LogP contribution in [-0.2, 0) is 6.42 Å². The van der Waals surface area contributed by atoms with Crippen molar-refractivity contribution in [1.82, 2.24) is 10.2 Å². The fourth-order valence-electron chi connectivity index (χ4n) is 0.619. The topological polar surface area (TPSA) is 87.3 Å². The zero-order valence-corrected chi connectivity index (χ0v) is 5.28. The fraction of sp³-hybridized carbons (Fsp3) is 0.200. The first-order valence-corrected chi connectivity index (χ1v) is 2.77. The maximum Gasteiger partial charge on any atom is 0.143 e. The Hall–Kier alpha value is -1.52. The molecule has 0 atom stereocenters. The highest BCUT2D eigenvalue weighted by Crippen LogP contribution is 1.93. The first kappa shape index (κ1) is 6.60. The molecule has 0 fully saturated rings. The summed E-state index contributed by atoms with van der Waals surface area (Å²) >= 11 is 0. The first-order chi connectivity index (χ1) is 4.83. The van der Waals surface area contributed by atoms with Crippen LogP contribution in [-0.4, -0.2) is 21.2 Å². The predicted molar refractivity (Wildman–Crippen MR) is 35.7 cm³/mol. The van der Waals surface area contributed by atoms with Gasteiger partial charge in [0.15, 0.2) is 0 Å². The summed E-state index contributed by atoms with van der Waals surface area (Å²) in [5, 5.41) is 17.3. The number of nitrogens with zero attached hydrogens (tertiary/aromatic N) is 2. The van der Waals surface area contributed by atoms with Gasteiger partial charge in [-0.3, -0.25) is 5.10 Å².